The van der Waals surface area contributed by atoms with Crippen LogP contribution >= 0.6 is 0 Å². The SMILES string of the molecule is CCCCOc1ccc(-c2ncc(C3CCC(CC)CC3)cn2)cc1.CCCCOc1ccc(-c2ncc(C3CCC(CCC)CC3)cn2)cc1.CCCCOc1ccc(-c2ncc(C3CCC(CCCC)CC3)cn2)cc1. The lowest BCUT2D eigenvalue weighted by Crippen LogP contribution is -2.13. The number of hydrogen-bond donors (Lipinski definition) is 0. The van der Waals surface area contributed by atoms with Crippen molar-refractivity contribution in [3.05, 3.63) is 127 Å². The molecule has 78 heavy (non-hydrogen) atoms. The fraction of sp³-hybridized carbons (Fsp3) is 0.565. The van der Waals surface area contributed by atoms with E-state index in [1.165, 1.54) is 132 Å². The lowest BCUT2D eigenvalue weighted by atomic mass is 9.78. The number of nitrogens with zero attached hydrogens (tertiary/aromatic N) is 6. The summed E-state index contributed by atoms with van der Waals surface area (Å²) in [6.07, 6.45) is 43.0. The molecule has 3 saturated carbocycles. The highest BCUT2D eigenvalue weighted by atomic mass is 16.5. The third kappa shape index (κ3) is 19.3. The Kier molecular flexibility index (Phi) is 25.9. The van der Waals surface area contributed by atoms with E-state index < -0.39 is 0 Å². The van der Waals surface area contributed by atoms with Crippen LogP contribution in [-0.2, 0) is 0 Å². The minimum atomic E-state index is 0.645. The van der Waals surface area contributed by atoms with Crippen molar-refractivity contribution >= 4 is 0 Å². The van der Waals surface area contributed by atoms with Crippen LogP contribution in [-0.4, -0.2) is 49.7 Å². The van der Waals surface area contributed by atoms with Gasteiger partial charge in [-0.3, -0.25) is 0 Å². The maximum Gasteiger partial charge on any atom is 0.159 e. The molecule has 0 spiro atoms. The Labute approximate surface area is 471 Å². The van der Waals surface area contributed by atoms with Crippen LogP contribution in [0.15, 0.2) is 110 Å². The molecule has 0 N–H and O–H groups in total. The van der Waals surface area contributed by atoms with E-state index in [1.54, 1.807) is 0 Å². The Morgan fingerprint density at radius 2 is 0.603 bits per heavy atom. The van der Waals surface area contributed by atoms with Gasteiger partial charge in [-0.25, -0.2) is 29.9 Å². The summed E-state index contributed by atoms with van der Waals surface area (Å²) in [7, 11) is 0. The van der Waals surface area contributed by atoms with Gasteiger partial charge in [0.25, 0.3) is 0 Å². The third-order valence-corrected chi connectivity index (χ3v) is 16.8. The lowest BCUT2D eigenvalue weighted by Gasteiger charge is -2.28. The Morgan fingerprint density at radius 3 is 0.872 bits per heavy atom. The summed E-state index contributed by atoms with van der Waals surface area (Å²) in [5.41, 5.74) is 7.07. The Morgan fingerprint density at radius 1 is 0.321 bits per heavy atom. The predicted molar refractivity (Wildman–Crippen MR) is 322 cm³/mol. The van der Waals surface area contributed by atoms with E-state index >= 15 is 0 Å². The minimum absolute atomic E-state index is 0.645. The molecule has 3 aromatic carbocycles. The van der Waals surface area contributed by atoms with E-state index in [4.69, 9.17) is 14.2 Å². The number of benzene rings is 3. The predicted octanol–water partition coefficient (Wildman–Crippen LogP) is 19.2. The van der Waals surface area contributed by atoms with Gasteiger partial charge in [0.1, 0.15) is 17.2 Å². The van der Waals surface area contributed by atoms with Gasteiger partial charge < -0.3 is 14.2 Å². The van der Waals surface area contributed by atoms with Crippen LogP contribution in [0.3, 0.4) is 0 Å². The van der Waals surface area contributed by atoms with Crippen molar-refractivity contribution in [1.29, 1.82) is 0 Å². The van der Waals surface area contributed by atoms with Crippen molar-refractivity contribution in [3.63, 3.8) is 0 Å². The summed E-state index contributed by atoms with van der Waals surface area (Å²) in [5.74, 6) is 9.90. The lowest BCUT2D eigenvalue weighted by molar-refractivity contribution is 0.304. The first-order valence-corrected chi connectivity index (χ1v) is 31.0. The molecule has 0 aliphatic heterocycles. The van der Waals surface area contributed by atoms with Crippen LogP contribution in [0.25, 0.3) is 34.2 Å². The largest absolute Gasteiger partial charge is 0.494 e. The molecule has 0 atom stereocenters. The molecular formula is C69H96N6O3. The van der Waals surface area contributed by atoms with Crippen LogP contribution in [0.5, 0.6) is 17.2 Å². The first kappa shape index (κ1) is 60.0. The summed E-state index contributed by atoms with van der Waals surface area (Å²) >= 11 is 0. The van der Waals surface area contributed by atoms with Crippen molar-refractivity contribution in [1.82, 2.24) is 29.9 Å². The van der Waals surface area contributed by atoms with Gasteiger partial charge in [0, 0.05) is 53.9 Å². The van der Waals surface area contributed by atoms with Crippen molar-refractivity contribution in [2.24, 2.45) is 17.8 Å². The van der Waals surface area contributed by atoms with E-state index in [2.05, 4.69) is 83.6 Å². The van der Waals surface area contributed by atoms with Gasteiger partial charge in [0.05, 0.1) is 19.8 Å². The zero-order valence-corrected chi connectivity index (χ0v) is 48.9. The van der Waals surface area contributed by atoms with Crippen molar-refractivity contribution in [2.45, 2.75) is 213 Å². The normalized spacial score (nSPS) is 20.1. The third-order valence-electron chi connectivity index (χ3n) is 16.8. The average Bonchev–Trinajstić information content (AvgIpc) is 3.50. The van der Waals surface area contributed by atoms with Gasteiger partial charge in [0.2, 0.25) is 0 Å². The molecule has 0 unspecified atom stereocenters. The Bertz CT molecular complexity index is 2490. The molecular weight excluding hydrogens is 961 g/mol. The Hall–Kier alpha value is -5.70. The van der Waals surface area contributed by atoms with Crippen molar-refractivity contribution in [3.8, 4) is 51.4 Å². The summed E-state index contributed by atoms with van der Waals surface area (Å²) in [6, 6.07) is 24.4. The molecule has 6 aromatic rings. The highest BCUT2D eigenvalue weighted by molar-refractivity contribution is 5.58. The second-order valence-corrected chi connectivity index (χ2v) is 22.7. The van der Waals surface area contributed by atoms with Crippen LogP contribution in [0.4, 0.5) is 0 Å². The van der Waals surface area contributed by atoms with Crippen LogP contribution < -0.4 is 14.2 Å². The standard InChI is InChI=1S/C24H34N2O.C23H32N2O.C22H30N2O/c1-3-5-7-19-8-10-20(11-9-19)22-17-25-24(26-18-22)21-12-14-23(15-13-21)27-16-6-4-2;1-3-5-15-26-22-13-11-20(12-14-22)23-24-16-21(17-25-23)19-9-7-18(6-4-2)8-10-19;1-3-5-14-25-21-12-10-19(11-13-21)22-23-15-20(16-24-22)18-8-6-17(4-2)7-9-18/h12-15,17-20H,3-11,16H2,1-2H3;11-14,16-19H,3-10,15H2,1-2H3;10-13,15-18H,3-9,14H2,1-2H3. The number of hydrogen-bond acceptors (Lipinski definition) is 9. The van der Waals surface area contributed by atoms with E-state index in [1.807, 2.05) is 97.8 Å². The molecule has 0 radical (unpaired) electrons. The summed E-state index contributed by atoms with van der Waals surface area (Å²) in [5, 5.41) is 0. The van der Waals surface area contributed by atoms with Gasteiger partial charge in [-0.05, 0) is 221 Å². The van der Waals surface area contributed by atoms with E-state index in [0.29, 0.717) is 17.8 Å². The number of unbranched alkanes of at least 4 members (excludes halogenated alkanes) is 4. The van der Waals surface area contributed by atoms with Gasteiger partial charge in [-0.1, -0.05) is 99.3 Å². The molecule has 3 fully saturated rings. The van der Waals surface area contributed by atoms with E-state index in [9.17, 15) is 0 Å². The highest BCUT2D eigenvalue weighted by Gasteiger charge is 2.25. The Balaban J connectivity index is 0.000000170. The maximum absolute atomic E-state index is 5.73. The average molecular weight is 1060 g/mol. The van der Waals surface area contributed by atoms with Crippen molar-refractivity contribution < 1.29 is 14.2 Å². The number of ether oxygens (including phenoxy) is 3. The molecule has 9 heteroatoms. The minimum Gasteiger partial charge on any atom is -0.494 e. The van der Waals surface area contributed by atoms with Gasteiger partial charge in [-0.2, -0.15) is 0 Å². The van der Waals surface area contributed by atoms with Gasteiger partial charge >= 0.3 is 0 Å². The van der Waals surface area contributed by atoms with Crippen LogP contribution in [0.1, 0.15) is 230 Å². The highest BCUT2D eigenvalue weighted by Crippen LogP contribution is 2.40. The van der Waals surface area contributed by atoms with E-state index in [-0.39, 0.29) is 0 Å². The zero-order valence-electron chi connectivity index (χ0n) is 48.9. The maximum atomic E-state index is 5.73. The molecule has 3 heterocycles. The first-order valence-electron chi connectivity index (χ1n) is 31.0. The van der Waals surface area contributed by atoms with Gasteiger partial charge in [0.15, 0.2) is 17.5 Å². The molecule has 0 amide bonds. The fourth-order valence-corrected chi connectivity index (χ4v) is 11.6. The molecule has 3 aromatic heterocycles. The quantitative estimate of drug-likeness (QED) is 0.0548. The fourth-order valence-electron chi connectivity index (χ4n) is 11.6. The summed E-state index contributed by atoms with van der Waals surface area (Å²) < 4.78 is 17.2. The molecule has 3 aliphatic rings. The number of aromatic nitrogens is 6. The molecule has 9 nitrogen and oxygen atoms in total. The zero-order chi connectivity index (χ0) is 54.6. The smallest absolute Gasteiger partial charge is 0.159 e. The van der Waals surface area contributed by atoms with Gasteiger partial charge in [-0.15, -0.1) is 0 Å². The van der Waals surface area contributed by atoms with Crippen LogP contribution in [0, 0.1) is 17.8 Å². The molecule has 9 rings (SSSR count). The molecule has 420 valence electrons. The monoisotopic (exact) mass is 1060 g/mol. The van der Waals surface area contributed by atoms with Crippen LogP contribution in [0.2, 0.25) is 0 Å². The second kappa shape index (κ2) is 33.7. The first-order chi connectivity index (χ1) is 38.4. The summed E-state index contributed by atoms with van der Waals surface area (Å²) in [6.45, 7) is 15.7. The number of rotatable bonds is 24. The molecule has 0 saturated heterocycles. The summed E-state index contributed by atoms with van der Waals surface area (Å²) in [4.78, 5) is 27.8. The molecule has 3 aliphatic carbocycles. The van der Waals surface area contributed by atoms with Crippen molar-refractivity contribution in [2.75, 3.05) is 19.8 Å². The second-order valence-electron chi connectivity index (χ2n) is 22.7. The topological polar surface area (TPSA) is 105 Å². The molecule has 0 bridgehead atoms. The van der Waals surface area contributed by atoms with E-state index in [0.717, 1.165) is 128 Å².